The standard InChI is InChI=1S/C9H15N3O/c1-2-7(5-10)11-6-8-3-4-9(13)12-8/h7-8,11H,2-4,6H2,1H3,(H,12,13). The van der Waals surface area contributed by atoms with E-state index in [4.69, 9.17) is 5.26 Å². The van der Waals surface area contributed by atoms with Gasteiger partial charge in [0.2, 0.25) is 5.91 Å². The molecule has 1 saturated heterocycles. The van der Waals surface area contributed by atoms with Crippen molar-refractivity contribution in [3.05, 3.63) is 0 Å². The number of rotatable bonds is 4. The van der Waals surface area contributed by atoms with Crippen LogP contribution in [0.3, 0.4) is 0 Å². The van der Waals surface area contributed by atoms with Crippen molar-refractivity contribution in [2.45, 2.75) is 38.3 Å². The van der Waals surface area contributed by atoms with Crippen molar-refractivity contribution in [3.8, 4) is 6.07 Å². The van der Waals surface area contributed by atoms with Crippen LogP contribution in [0, 0.1) is 11.3 Å². The van der Waals surface area contributed by atoms with E-state index in [9.17, 15) is 4.79 Å². The molecule has 0 spiro atoms. The molecule has 0 aromatic heterocycles. The van der Waals surface area contributed by atoms with Gasteiger partial charge in [-0.05, 0) is 12.8 Å². The van der Waals surface area contributed by atoms with Gasteiger partial charge < -0.3 is 5.32 Å². The maximum atomic E-state index is 10.8. The molecule has 4 nitrogen and oxygen atoms in total. The molecule has 2 N–H and O–H groups in total. The molecule has 1 aliphatic rings. The van der Waals surface area contributed by atoms with Gasteiger partial charge >= 0.3 is 0 Å². The summed E-state index contributed by atoms with van der Waals surface area (Å²) >= 11 is 0. The third kappa shape index (κ3) is 3.03. The second-order valence-corrected chi connectivity index (χ2v) is 3.30. The predicted octanol–water partition coefficient (Wildman–Crippen LogP) is 0.157. The fraction of sp³-hybridized carbons (Fsp3) is 0.778. The van der Waals surface area contributed by atoms with Crippen LogP contribution in [0.25, 0.3) is 0 Å². The summed E-state index contributed by atoms with van der Waals surface area (Å²) in [4.78, 5) is 10.8. The van der Waals surface area contributed by atoms with Crippen molar-refractivity contribution in [2.24, 2.45) is 0 Å². The van der Waals surface area contributed by atoms with E-state index in [2.05, 4.69) is 16.7 Å². The minimum Gasteiger partial charge on any atom is -0.352 e. The van der Waals surface area contributed by atoms with E-state index in [1.807, 2.05) is 6.92 Å². The predicted molar refractivity (Wildman–Crippen MR) is 48.9 cm³/mol. The Morgan fingerprint density at radius 3 is 3.08 bits per heavy atom. The SMILES string of the molecule is CCC(C#N)NCC1CCC(=O)N1. The quantitative estimate of drug-likeness (QED) is 0.649. The van der Waals surface area contributed by atoms with Crippen LogP contribution < -0.4 is 10.6 Å². The van der Waals surface area contributed by atoms with E-state index in [0.29, 0.717) is 13.0 Å². The number of nitriles is 1. The molecule has 1 amide bonds. The third-order valence-corrected chi connectivity index (χ3v) is 2.26. The van der Waals surface area contributed by atoms with Crippen LogP contribution in [0.15, 0.2) is 0 Å². The highest BCUT2D eigenvalue weighted by Gasteiger charge is 2.20. The second kappa shape index (κ2) is 4.83. The fourth-order valence-corrected chi connectivity index (χ4v) is 1.40. The molecular formula is C9H15N3O. The molecule has 0 aromatic carbocycles. The van der Waals surface area contributed by atoms with Gasteiger partial charge in [-0.1, -0.05) is 6.92 Å². The maximum absolute atomic E-state index is 10.8. The Hall–Kier alpha value is -1.08. The maximum Gasteiger partial charge on any atom is 0.220 e. The normalized spacial score (nSPS) is 23.7. The summed E-state index contributed by atoms with van der Waals surface area (Å²) in [6.07, 6.45) is 2.31. The molecule has 2 atom stereocenters. The van der Waals surface area contributed by atoms with E-state index < -0.39 is 0 Å². The Bertz CT molecular complexity index is 221. The Kier molecular flexibility index (Phi) is 3.71. The van der Waals surface area contributed by atoms with E-state index in [1.165, 1.54) is 0 Å². The Morgan fingerprint density at radius 2 is 2.62 bits per heavy atom. The average Bonchev–Trinajstić information content (AvgIpc) is 2.53. The van der Waals surface area contributed by atoms with Gasteiger partial charge in [0.25, 0.3) is 0 Å². The molecule has 1 fully saturated rings. The lowest BCUT2D eigenvalue weighted by atomic mass is 10.2. The van der Waals surface area contributed by atoms with E-state index in [0.717, 1.165) is 12.8 Å². The first-order valence-electron chi connectivity index (χ1n) is 4.68. The summed E-state index contributed by atoms with van der Waals surface area (Å²) in [6.45, 7) is 2.67. The first-order valence-corrected chi connectivity index (χ1v) is 4.68. The van der Waals surface area contributed by atoms with Gasteiger partial charge in [0.15, 0.2) is 0 Å². The van der Waals surface area contributed by atoms with Crippen LogP contribution in [-0.4, -0.2) is 24.5 Å². The fourth-order valence-electron chi connectivity index (χ4n) is 1.40. The van der Waals surface area contributed by atoms with Gasteiger partial charge in [-0.15, -0.1) is 0 Å². The number of amides is 1. The van der Waals surface area contributed by atoms with Crippen LogP contribution in [0.5, 0.6) is 0 Å². The zero-order valence-corrected chi connectivity index (χ0v) is 7.84. The number of nitrogens with one attached hydrogen (secondary N) is 2. The summed E-state index contributed by atoms with van der Waals surface area (Å²) in [5.74, 6) is 0.122. The first kappa shape index (κ1) is 10.0. The summed E-state index contributed by atoms with van der Waals surface area (Å²) < 4.78 is 0. The first-order chi connectivity index (χ1) is 6.26. The summed E-state index contributed by atoms with van der Waals surface area (Å²) in [5, 5.41) is 14.6. The molecule has 1 aliphatic heterocycles. The number of hydrogen-bond donors (Lipinski definition) is 2. The monoisotopic (exact) mass is 181 g/mol. The highest BCUT2D eigenvalue weighted by molar-refractivity contribution is 5.78. The molecule has 4 heteroatoms. The Morgan fingerprint density at radius 1 is 1.85 bits per heavy atom. The second-order valence-electron chi connectivity index (χ2n) is 3.30. The Labute approximate surface area is 78.3 Å². The van der Waals surface area contributed by atoms with Crippen molar-refractivity contribution in [1.82, 2.24) is 10.6 Å². The molecule has 0 aromatic rings. The van der Waals surface area contributed by atoms with Crippen LogP contribution in [-0.2, 0) is 4.79 Å². The average molecular weight is 181 g/mol. The lowest BCUT2D eigenvalue weighted by Gasteiger charge is -2.13. The van der Waals surface area contributed by atoms with Crippen molar-refractivity contribution in [3.63, 3.8) is 0 Å². The largest absolute Gasteiger partial charge is 0.352 e. The number of hydrogen-bond acceptors (Lipinski definition) is 3. The molecular weight excluding hydrogens is 166 g/mol. The van der Waals surface area contributed by atoms with Crippen LogP contribution >= 0.6 is 0 Å². The molecule has 0 aliphatic carbocycles. The third-order valence-electron chi connectivity index (χ3n) is 2.26. The highest BCUT2D eigenvalue weighted by Crippen LogP contribution is 2.05. The molecule has 72 valence electrons. The van der Waals surface area contributed by atoms with Crippen LogP contribution in [0.4, 0.5) is 0 Å². The van der Waals surface area contributed by atoms with E-state index >= 15 is 0 Å². The molecule has 13 heavy (non-hydrogen) atoms. The van der Waals surface area contributed by atoms with Crippen molar-refractivity contribution in [1.29, 1.82) is 5.26 Å². The minimum absolute atomic E-state index is 0.0856. The molecule has 2 unspecified atom stereocenters. The van der Waals surface area contributed by atoms with E-state index in [1.54, 1.807) is 0 Å². The minimum atomic E-state index is -0.0856. The lowest BCUT2D eigenvalue weighted by molar-refractivity contribution is -0.119. The van der Waals surface area contributed by atoms with E-state index in [-0.39, 0.29) is 18.0 Å². The van der Waals surface area contributed by atoms with Gasteiger partial charge in [-0.3, -0.25) is 10.1 Å². The molecule has 0 bridgehead atoms. The number of carbonyl (C=O) groups is 1. The topological polar surface area (TPSA) is 64.9 Å². The smallest absolute Gasteiger partial charge is 0.220 e. The van der Waals surface area contributed by atoms with Crippen molar-refractivity contribution < 1.29 is 4.79 Å². The summed E-state index contributed by atoms with van der Waals surface area (Å²) in [5.41, 5.74) is 0. The zero-order chi connectivity index (χ0) is 9.68. The molecule has 1 heterocycles. The summed E-state index contributed by atoms with van der Waals surface area (Å²) in [7, 11) is 0. The van der Waals surface area contributed by atoms with Gasteiger partial charge in [0.1, 0.15) is 0 Å². The van der Waals surface area contributed by atoms with Crippen molar-refractivity contribution >= 4 is 5.91 Å². The van der Waals surface area contributed by atoms with Crippen LogP contribution in [0.1, 0.15) is 26.2 Å². The van der Waals surface area contributed by atoms with Gasteiger partial charge in [-0.25, -0.2) is 0 Å². The number of carbonyl (C=O) groups excluding carboxylic acids is 1. The molecule has 0 saturated carbocycles. The molecule has 0 radical (unpaired) electrons. The van der Waals surface area contributed by atoms with Crippen molar-refractivity contribution in [2.75, 3.05) is 6.54 Å². The van der Waals surface area contributed by atoms with Gasteiger partial charge in [-0.2, -0.15) is 5.26 Å². The zero-order valence-electron chi connectivity index (χ0n) is 7.84. The van der Waals surface area contributed by atoms with Gasteiger partial charge in [0, 0.05) is 19.0 Å². The summed E-state index contributed by atoms with van der Waals surface area (Å²) in [6, 6.07) is 2.29. The van der Waals surface area contributed by atoms with Gasteiger partial charge in [0.05, 0.1) is 12.1 Å². The number of nitrogens with zero attached hydrogens (tertiary/aromatic N) is 1. The van der Waals surface area contributed by atoms with Crippen LogP contribution in [0.2, 0.25) is 0 Å². The highest BCUT2D eigenvalue weighted by atomic mass is 16.1. The molecule has 1 rings (SSSR count). The lowest BCUT2D eigenvalue weighted by Crippen LogP contribution is -2.39. The Balaban J connectivity index is 2.19.